The molecule has 2 heterocycles. The van der Waals surface area contributed by atoms with Crippen molar-refractivity contribution >= 4 is 21.9 Å². The highest BCUT2D eigenvalue weighted by atomic mass is 16.5. The summed E-state index contributed by atoms with van der Waals surface area (Å²) in [6, 6.07) is 14.7. The number of methoxy groups -OCH3 is 1. The van der Waals surface area contributed by atoms with Gasteiger partial charge >= 0.3 is 0 Å². The molecular weight excluding hydrogens is 314 g/mol. The Morgan fingerprint density at radius 2 is 2.00 bits per heavy atom. The first kappa shape index (κ1) is 16.6. The van der Waals surface area contributed by atoms with E-state index in [0.29, 0.717) is 6.10 Å². The topological polar surface area (TPSA) is 34.8 Å². The van der Waals surface area contributed by atoms with Gasteiger partial charge in [0, 0.05) is 49.7 Å². The maximum Gasteiger partial charge on any atom is 0.139 e. The summed E-state index contributed by atoms with van der Waals surface area (Å²) in [4.78, 5) is 2.42. The van der Waals surface area contributed by atoms with Crippen molar-refractivity contribution in [3.05, 3.63) is 48.0 Å². The van der Waals surface area contributed by atoms with Gasteiger partial charge in [0.15, 0.2) is 0 Å². The Kier molecular flexibility index (Phi) is 5.02. The van der Waals surface area contributed by atoms with Gasteiger partial charge in [-0.05, 0) is 18.9 Å². The smallest absolute Gasteiger partial charge is 0.139 e. The van der Waals surface area contributed by atoms with Crippen LogP contribution >= 0.6 is 0 Å². The van der Waals surface area contributed by atoms with Crippen molar-refractivity contribution in [3.63, 3.8) is 0 Å². The van der Waals surface area contributed by atoms with E-state index in [-0.39, 0.29) is 0 Å². The minimum absolute atomic E-state index is 0.340. The Bertz CT molecular complexity index is 835. The van der Waals surface area contributed by atoms with Crippen LogP contribution in [0.25, 0.3) is 21.9 Å². The zero-order valence-corrected chi connectivity index (χ0v) is 14.7. The molecule has 4 nitrogen and oxygen atoms in total. The fraction of sp³-hybridized carbons (Fsp3) is 0.429. The summed E-state index contributed by atoms with van der Waals surface area (Å²) in [5, 5.41) is 2.37. The minimum atomic E-state index is 0.340. The average molecular weight is 339 g/mol. The molecule has 3 aromatic rings. The summed E-state index contributed by atoms with van der Waals surface area (Å²) < 4.78 is 17.3. The normalized spacial score (nSPS) is 17.9. The van der Waals surface area contributed by atoms with E-state index in [0.717, 1.165) is 50.4 Å². The summed E-state index contributed by atoms with van der Waals surface area (Å²) in [5.41, 5.74) is 3.17. The van der Waals surface area contributed by atoms with E-state index in [9.17, 15) is 0 Å². The summed E-state index contributed by atoms with van der Waals surface area (Å²) >= 11 is 0. The van der Waals surface area contributed by atoms with Gasteiger partial charge in [0.1, 0.15) is 11.2 Å². The van der Waals surface area contributed by atoms with E-state index in [4.69, 9.17) is 13.9 Å². The fourth-order valence-electron chi connectivity index (χ4n) is 3.70. The molecule has 1 aliphatic rings. The van der Waals surface area contributed by atoms with Crippen LogP contribution < -0.4 is 0 Å². The maximum atomic E-state index is 6.17. The molecule has 0 amide bonds. The molecular formula is C21H25NO3. The van der Waals surface area contributed by atoms with E-state index >= 15 is 0 Å². The molecule has 0 aliphatic carbocycles. The molecule has 0 radical (unpaired) electrons. The second kappa shape index (κ2) is 7.56. The van der Waals surface area contributed by atoms with Gasteiger partial charge in [-0.1, -0.05) is 36.4 Å². The number of benzene rings is 2. The second-order valence-corrected chi connectivity index (χ2v) is 6.75. The fourth-order valence-corrected chi connectivity index (χ4v) is 3.70. The largest absolute Gasteiger partial charge is 0.456 e. The zero-order valence-electron chi connectivity index (χ0n) is 14.7. The van der Waals surface area contributed by atoms with Gasteiger partial charge in [-0.25, -0.2) is 0 Å². The molecule has 0 N–H and O–H groups in total. The van der Waals surface area contributed by atoms with Gasteiger partial charge in [0.2, 0.25) is 0 Å². The van der Waals surface area contributed by atoms with Crippen molar-refractivity contribution in [1.82, 2.24) is 4.90 Å². The number of nitrogens with zero attached hydrogens (tertiary/aromatic N) is 1. The van der Waals surface area contributed by atoms with Crippen molar-refractivity contribution in [2.45, 2.75) is 25.5 Å². The number of rotatable bonds is 7. The van der Waals surface area contributed by atoms with Crippen molar-refractivity contribution in [3.8, 4) is 0 Å². The van der Waals surface area contributed by atoms with Gasteiger partial charge in [0.25, 0.3) is 0 Å². The van der Waals surface area contributed by atoms with Crippen LogP contribution in [0.3, 0.4) is 0 Å². The predicted molar refractivity (Wildman–Crippen MR) is 99.8 cm³/mol. The van der Waals surface area contributed by atoms with Crippen LogP contribution in [0.15, 0.2) is 46.9 Å². The highest BCUT2D eigenvalue weighted by molar-refractivity contribution is 6.05. The molecule has 4 rings (SSSR count). The molecule has 0 spiro atoms. The van der Waals surface area contributed by atoms with E-state index in [1.54, 1.807) is 7.11 Å². The molecule has 0 bridgehead atoms. The number of furan rings is 1. The molecule has 2 aromatic carbocycles. The van der Waals surface area contributed by atoms with E-state index < -0.39 is 0 Å². The van der Waals surface area contributed by atoms with Crippen molar-refractivity contribution in [2.75, 3.05) is 33.4 Å². The van der Waals surface area contributed by atoms with Crippen LogP contribution in [0.4, 0.5) is 0 Å². The first-order chi connectivity index (χ1) is 12.3. The highest BCUT2D eigenvalue weighted by Crippen LogP contribution is 2.31. The Balaban J connectivity index is 1.62. The molecule has 1 unspecified atom stereocenters. The van der Waals surface area contributed by atoms with Gasteiger partial charge in [-0.3, -0.25) is 4.90 Å². The number of para-hydroxylation sites is 2. The van der Waals surface area contributed by atoms with Crippen LogP contribution in [0.2, 0.25) is 0 Å². The third-order valence-electron chi connectivity index (χ3n) is 4.98. The third-order valence-corrected chi connectivity index (χ3v) is 4.98. The summed E-state index contributed by atoms with van der Waals surface area (Å²) in [6.07, 6.45) is 2.66. The number of hydrogen-bond acceptors (Lipinski definition) is 4. The van der Waals surface area contributed by atoms with Crippen LogP contribution in [0.5, 0.6) is 0 Å². The third kappa shape index (κ3) is 3.56. The van der Waals surface area contributed by atoms with Crippen LogP contribution in [0.1, 0.15) is 18.4 Å². The van der Waals surface area contributed by atoms with E-state index in [1.165, 1.54) is 22.8 Å². The molecule has 1 aromatic heterocycles. The Morgan fingerprint density at radius 1 is 1.12 bits per heavy atom. The Labute approximate surface area is 148 Å². The van der Waals surface area contributed by atoms with E-state index in [1.807, 2.05) is 12.1 Å². The summed E-state index contributed by atoms with van der Waals surface area (Å²) in [7, 11) is 1.75. The van der Waals surface area contributed by atoms with Gasteiger partial charge in [-0.2, -0.15) is 0 Å². The highest BCUT2D eigenvalue weighted by Gasteiger charge is 2.20. The van der Waals surface area contributed by atoms with Crippen molar-refractivity contribution in [2.24, 2.45) is 0 Å². The molecule has 1 fully saturated rings. The van der Waals surface area contributed by atoms with Crippen molar-refractivity contribution < 1.29 is 13.9 Å². The lowest BCUT2D eigenvalue weighted by atomic mass is 10.1. The Morgan fingerprint density at radius 3 is 2.84 bits per heavy atom. The van der Waals surface area contributed by atoms with Crippen LogP contribution in [0, 0.1) is 0 Å². The molecule has 0 saturated carbocycles. The minimum Gasteiger partial charge on any atom is -0.456 e. The monoisotopic (exact) mass is 339 g/mol. The van der Waals surface area contributed by atoms with Gasteiger partial charge in [-0.15, -0.1) is 0 Å². The van der Waals surface area contributed by atoms with Gasteiger partial charge in [0.05, 0.1) is 12.7 Å². The molecule has 25 heavy (non-hydrogen) atoms. The first-order valence-electron chi connectivity index (χ1n) is 9.07. The maximum absolute atomic E-state index is 6.17. The quantitative estimate of drug-likeness (QED) is 0.646. The lowest BCUT2D eigenvalue weighted by Crippen LogP contribution is -2.34. The van der Waals surface area contributed by atoms with Gasteiger partial charge < -0.3 is 13.9 Å². The molecule has 132 valence electrons. The standard InChI is InChI=1S/C21H25NO3/c1-23-13-11-22(15-17-7-5-12-24-17)14-16-6-4-9-19-18-8-2-3-10-20(18)25-21(16)19/h2-4,6,8-10,17H,5,7,11-15H2,1H3. The second-order valence-electron chi connectivity index (χ2n) is 6.75. The SMILES string of the molecule is COCCN(Cc1cccc2c1oc1ccccc12)CC1CCCO1. The average Bonchev–Trinajstić information content (AvgIpc) is 3.27. The van der Waals surface area contributed by atoms with Crippen molar-refractivity contribution in [1.29, 1.82) is 0 Å². The lowest BCUT2D eigenvalue weighted by molar-refractivity contribution is 0.0588. The summed E-state index contributed by atoms with van der Waals surface area (Å²) in [6.45, 7) is 4.30. The predicted octanol–water partition coefficient (Wildman–Crippen LogP) is 4.21. The molecule has 1 aliphatic heterocycles. The van der Waals surface area contributed by atoms with Crippen LogP contribution in [-0.4, -0.2) is 44.4 Å². The zero-order chi connectivity index (χ0) is 17.1. The summed E-state index contributed by atoms with van der Waals surface area (Å²) in [5.74, 6) is 0. The molecule has 4 heteroatoms. The van der Waals surface area contributed by atoms with Crippen LogP contribution in [-0.2, 0) is 16.0 Å². The number of hydrogen-bond donors (Lipinski definition) is 0. The van der Waals surface area contributed by atoms with E-state index in [2.05, 4.69) is 35.2 Å². The number of fused-ring (bicyclic) bond motifs is 3. The first-order valence-corrected chi connectivity index (χ1v) is 9.07. The molecule has 1 atom stereocenters. The lowest BCUT2D eigenvalue weighted by Gasteiger charge is -2.25. The Hall–Kier alpha value is -1.88. The number of ether oxygens (including phenoxy) is 2. The molecule has 1 saturated heterocycles.